The summed E-state index contributed by atoms with van der Waals surface area (Å²) in [5.41, 5.74) is 0. The zero-order valence-corrected chi connectivity index (χ0v) is 17.5. The Balaban J connectivity index is 3.66. The molecule has 0 aromatic rings. The topological polar surface area (TPSA) is 161 Å². The number of hydrogen-bond donors (Lipinski definition) is 1. The lowest BCUT2D eigenvalue weighted by atomic mass is 9.82. The number of rotatable bonds is 6. The summed E-state index contributed by atoms with van der Waals surface area (Å²) < 4.78 is 26.1. The average molecular weight is 431 g/mol. The van der Waals surface area contributed by atoms with E-state index in [1.54, 1.807) is 0 Å². The summed E-state index contributed by atoms with van der Waals surface area (Å²) in [6.45, 7) is 6.45. The molecule has 30 heavy (non-hydrogen) atoms. The van der Waals surface area contributed by atoms with Crippen molar-refractivity contribution < 1.29 is 52.5 Å². The molecule has 1 N–H and O–H groups in total. The van der Waals surface area contributed by atoms with E-state index in [1.165, 1.54) is 0 Å². The molecule has 0 saturated heterocycles. The first kappa shape index (κ1) is 24.9. The molecule has 1 aliphatic rings. The Kier molecular flexibility index (Phi) is 8.75. The van der Waals surface area contributed by atoms with Gasteiger partial charge in [0, 0.05) is 41.5 Å². The van der Waals surface area contributed by atoms with Crippen molar-refractivity contribution in [3.05, 3.63) is 0 Å². The molecule has 0 radical (unpaired) electrons. The predicted octanol–water partition coefficient (Wildman–Crippen LogP) is -0.837. The molecule has 1 rings (SSSR count). The van der Waals surface area contributed by atoms with Gasteiger partial charge in [0.15, 0.2) is 30.5 Å². The molecule has 168 valence electrons. The SMILES string of the molecule is CC(=O)NC1[C@H](OC(C)=O)[C@H](OC(C)=O)C(OC(C)=O)[C@H](OC(C)=O)[C@H]1OC(C)=O. The predicted molar refractivity (Wildman–Crippen MR) is 95.4 cm³/mol. The van der Waals surface area contributed by atoms with Gasteiger partial charge in [0.05, 0.1) is 0 Å². The van der Waals surface area contributed by atoms with Gasteiger partial charge in [-0.3, -0.25) is 28.8 Å². The third kappa shape index (κ3) is 7.01. The van der Waals surface area contributed by atoms with Gasteiger partial charge < -0.3 is 29.0 Å². The van der Waals surface area contributed by atoms with E-state index in [2.05, 4.69) is 5.32 Å². The maximum atomic E-state index is 11.8. The number of ether oxygens (including phenoxy) is 5. The normalized spacial score (nSPS) is 27.8. The van der Waals surface area contributed by atoms with Gasteiger partial charge in [-0.2, -0.15) is 0 Å². The van der Waals surface area contributed by atoms with Crippen LogP contribution in [0.15, 0.2) is 0 Å². The van der Waals surface area contributed by atoms with Gasteiger partial charge in [-0.25, -0.2) is 0 Å². The first-order valence-electron chi connectivity index (χ1n) is 8.96. The van der Waals surface area contributed by atoms with E-state index in [4.69, 9.17) is 23.7 Å². The van der Waals surface area contributed by atoms with Crippen molar-refractivity contribution in [1.29, 1.82) is 0 Å². The number of nitrogens with one attached hydrogen (secondary N) is 1. The van der Waals surface area contributed by atoms with Crippen molar-refractivity contribution in [2.24, 2.45) is 0 Å². The molecule has 0 heterocycles. The number of carbonyl (C=O) groups is 6. The van der Waals surface area contributed by atoms with Crippen molar-refractivity contribution in [1.82, 2.24) is 5.32 Å². The number of hydrogen-bond acceptors (Lipinski definition) is 11. The van der Waals surface area contributed by atoms with Crippen LogP contribution in [0.5, 0.6) is 0 Å². The minimum Gasteiger partial charge on any atom is -0.456 e. The summed E-state index contributed by atoms with van der Waals surface area (Å²) in [4.78, 5) is 70.3. The number of esters is 5. The third-order valence-electron chi connectivity index (χ3n) is 3.88. The van der Waals surface area contributed by atoms with Crippen LogP contribution < -0.4 is 5.32 Å². The standard InChI is InChI=1S/C18H25NO11/c1-7(20)19-13-14(26-8(2)21)16(28-10(4)23)18(30-12(6)25)17(29-11(5)24)15(13)27-9(3)22/h13-18H,1-6H3,(H,19,20)/t13?,14-,15-,16-,17+,18?/m0/s1. The van der Waals surface area contributed by atoms with E-state index >= 15 is 0 Å². The lowest BCUT2D eigenvalue weighted by Crippen LogP contribution is -2.71. The molecule has 2 unspecified atom stereocenters. The Bertz CT molecular complexity index is 552. The van der Waals surface area contributed by atoms with Crippen molar-refractivity contribution in [2.45, 2.75) is 78.1 Å². The fraction of sp³-hybridized carbons (Fsp3) is 0.667. The highest BCUT2D eigenvalue weighted by molar-refractivity contribution is 5.74. The highest BCUT2D eigenvalue weighted by Crippen LogP contribution is 2.33. The summed E-state index contributed by atoms with van der Waals surface area (Å²) in [7, 11) is 0. The van der Waals surface area contributed by atoms with Crippen LogP contribution in [0, 0.1) is 0 Å². The molecule has 1 aliphatic carbocycles. The molecule has 1 fully saturated rings. The van der Waals surface area contributed by atoms with Crippen LogP contribution >= 0.6 is 0 Å². The van der Waals surface area contributed by atoms with Crippen LogP contribution in [0.25, 0.3) is 0 Å². The summed E-state index contributed by atoms with van der Waals surface area (Å²) in [6, 6.07) is -1.30. The molecule has 1 amide bonds. The quantitative estimate of drug-likeness (QED) is 0.412. The second-order valence-corrected chi connectivity index (χ2v) is 6.60. The molecule has 0 aliphatic heterocycles. The van der Waals surface area contributed by atoms with Crippen LogP contribution in [0.2, 0.25) is 0 Å². The molecule has 0 aromatic carbocycles. The average Bonchev–Trinajstić information content (AvgIpc) is 2.55. The molecular weight excluding hydrogens is 406 g/mol. The summed E-state index contributed by atoms with van der Waals surface area (Å²) >= 11 is 0. The van der Waals surface area contributed by atoms with Gasteiger partial charge in [0.25, 0.3) is 0 Å². The molecule has 12 nitrogen and oxygen atoms in total. The smallest absolute Gasteiger partial charge is 0.303 e. The van der Waals surface area contributed by atoms with Gasteiger partial charge in [-0.05, 0) is 0 Å². The van der Waals surface area contributed by atoms with Crippen LogP contribution in [-0.4, -0.2) is 72.3 Å². The van der Waals surface area contributed by atoms with E-state index < -0.39 is 72.3 Å². The van der Waals surface area contributed by atoms with Crippen molar-refractivity contribution in [3.63, 3.8) is 0 Å². The van der Waals surface area contributed by atoms with Gasteiger partial charge in [-0.15, -0.1) is 0 Å². The summed E-state index contributed by atoms with van der Waals surface area (Å²) in [6.07, 6.45) is -7.34. The Morgan fingerprint density at radius 3 is 0.933 bits per heavy atom. The van der Waals surface area contributed by atoms with Crippen LogP contribution in [0.4, 0.5) is 0 Å². The number of amides is 1. The van der Waals surface area contributed by atoms with E-state index in [0.29, 0.717) is 0 Å². The van der Waals surface area contributed by atoms with Crippen molar-refractivity contribution >= 4 is 35.8 Å². The monoisotopic (exact) mass is 431 g/mol. The third-order valence-corrected chi connectivity index (χ3v) is 3.88. The molecule has 0 spiro atoms. The molecule has 1 saturated carbocycles. The van der Waals surface area contributed by atoms with Crippen molar-refractivity contribution in [2.75, 3.05) is 0 Å². The molecule has 0 bridgehead atoms. The fourth-order valence-electron chi connectivity index (χ4n) is 3.20. The van der Waals surface area contributed by atoms with E-state index in [1.807, 2.05) is 0 Å². The van der Waals surface area contributed by atoms with Gasteiger partial charge in [0.2, 0.25) is 5.91 Å². The molecular formula is C18H25NO11. The maximum Gasteiger partial charge on any atom is 0.303 e. The van der Waals surface area contributed by atoms with Gasteiger partial charge >= 0.3 is 29.8 Å². The second-order valence-electron chi connectivity index (χ2n) is 6.60. The fourth-order valence-corrected chi connectivity index (χ4v) is 3.20. The summed E-state index contributed by atoms with van der Waals surface area (Å²) in [5.74, 6) is -4.74. The second kappa shape index (κ2) is 10.6. The van der Waals surface area contributed by atoms with E-state index in [9.17, 15) is 28.8 Å². The number of carbonyl (C=O) groups excluding carboxylic acids is 6. The Morgan fingerprint density at radius 1 is 0.467 bits per heavy atom. The lowest BCUT2D eigenvalue weighted by molar-refractivity contribution is -0.237. The molecule has 12 heteroatoms. The highest BCUT2D eigenvalue weighted by Gasteiger charge is 2.59. The molecule has 0 aromatic heterocycles. The minimum absolute atomic E-state index is 0.608. The Labute approximate surface area is 172 Å². The first-order valence-corrected chi connectivity index (χ1v) is 8.96. The maximum absolute atomic E-state index is 11.8. The van der Waals surface area contributed by atoms with E-state index in [0.717, 1.165) is 41.5 Å². The van der Waals surface area contributed by atoms with Crippen molar-refractivity contribution in [3.8, 4) is 0 Å². The highest BCUT2D eigenvalue weighted by atomic mass is 16.6. The zero-order valence-electron chi connectivity index (χ0n) is 17.5. The molecule has 6 atom stereocenters. The van der Waals surface area contributed by atoms with Gasteiger partial charge in [0.1, 0.15) is 6.04 Å². The first-order chi connectivity index (χ1) is 13.8. The summed E-state index contributed by atoms with van der Waals surface area (Å²) in [5, 5.41) is 2.46. The van der Waals surface area contributed by atoms with Crippen LogP contribution in [0.3, 0.4) is 0 Å². The van der Waals surface area contributed by atoms with E-state index in [-0.39, 0.29) is 0 Å². The Morgan fingerprint density at radius 2 is 0.700 bits per heavy atom. The van der Waals surface area contributed by atoms with Crippen LogP contribution in [0.1, 0.15) is 41.5 Å². The minimum atomic E-state index is -1.51. The van der Waals surface area contributed by atoms with Crippen LogP contribution in [-0.2, 0) is 52.5 Å². The zero-order chi connectivity index (χ0) is 23.2. The largest absolute Gasteiger partial charge is 0.456 e. The lowest BCUT2D eigenvalue weighted by Gasteiger charge is -2.47. The van der Waals surface area contributed by atoms with Gasteiger partial charge in [-0.1, -0.05) is 0 Å². The Hall–Kier alpha value is -3.18.